The van der Waals surface area contributed by atoms with E-state index < -0.39 is 30.2 Å². The quantitative estimate of drug-likeness (QED) is 0.0760. The molecule has 3 unspecified atom stereocenters. The van der Waals surface area contributed by atoms with Crippen molar-refractivity contribution in [1.82, 2.24) is 10.6 Å². The Labute approximate surface area is 243 Å². The van der Waals surface area contributed by atoms with Gasteiger partial charge in [0.1, 0.15) is 19.8 Å². The molecule has 1 saturated carbocycles. The van der Waals surface area contributed by atoms with Crippen LogP contribution in [0.4, 0.5) is 9.59 Å². The molecule has 0 aromatic heterocycles. The van der Waals surface area contributed by atoms with Crippen LogP contribution in [0.3, 0.4) is 0 Å². The minimum atomic E-state index is -0.789. The first-order valence-corrected chi connectivity index (χ1v) is 14.0. The molecule has 12 heteroatoms. The van der Waals surface area contributed by atoms with Gasteiger partial charge in [0.25, 0.3) is 0 Å². The fraction of sp³-hybridized carbons (Fsp3) is 0.714. The van der Waals surface area contributed by atoms with Gasteiger partial charge >= 0.3 is 24.1 Å². The van der Waals surface area contributed by atoms with E-state index in [0.717, 1.165) is 31.4 Å². The lowest BCUT2D eigenvalue weighted by molar-refractivity contribution is -0.142. The maximum Gasteiger partial charge on any atom is 0.407 e. The van der Waals surface area contributed by atoms with E-state index in [2.05, 4.69) is 50.3 Å². The predicted molar refractivity (Wildman–Crippen MR) is 153 cm³/mol. The average Bonchev–Trinajstić information content (AvgIpc) is 2.86. The number of alkyl carbamates (subject to hydrolysis) is 2. The normalized spacial score (nSPS) is 21.2. The van der Waals surface area contributed by atoms with Crippen molar-refractivity contribution in [2.45, 2.75) is 77.2 Å². The lowest BCUT2D eigenvalue weighted by atomic mass is 9.62. The number of esters is 2. The van der Waals surface area contributed by atoms with Gasteiger partial charge in [-0.05, 0) is 48.2 Å². The molecule has 1 aliphatic carbocycles. The minimum Gasteiger partial charge on any atom is -0.459 e. The molecule has 0 aliphatic heterocycles. The van der Waals surface area contributed by atoms with Crippen LogP contribution < -0.4 is 10.6 Å². The Bertz CT molecular complexity index is 865. The highest BCUT2D eigenvalue weighted by Gasteiger charge is 2.42. The van der Waals surface area contributed by atoms with Gasteiger partial charge in [0.15, 0.2) is 6.10 Å². The topological polar surface area (TPSA) is 138 Å². The van der Waals surface area contributed by atoms with E-state index in [9.17, 15) is 19.2 Å². The molecule has 0 spiro atoms. The Morgan fingerprint density at radius 2 is 1.60 bits per heavy atom. The monoisotopic (exact) mass is 586 g/mol. The van der Waals surface area contributed by atoms with E-state index in [0.29, 0.717) is 26.0 Å². The van der Waals surface area contributed by atoms with Crippen molar-refractivity contribution in [3.8, 4) is 0 Å². The summed E-state index contributed by atoms with van der Waals surface area (Å²) in [6.45, 7) is 15.5. The van der Waals surface area contributed by atoms with Crippen molar-refractivity contribution in [2.24, 2.45) is 10.8 Å². The molecule has 1 aliphatic rings. The Hall–Kier alpha value is -2.73. The SMILES string of the molecule is C=CC(=O)OCCOC(=O)NCC1(C)CC(NC(=O)OC(COCCC[C@H](C)S)COC(=O)C=C)CC(C)(C)C1. The second-order valence-corrected chi connectivity index (χ2v) is 12.1. The number of ether oxygens (including phenoxy) is 5. The van der Waals surface area contributed by atoms with Crippen LogP contribution in [0.15, 0.2) is 25.3 Å². The first-order chi connectivity index (χ1) is 18.8. The van der Waals surface area contributed by atoms with Gasteiger partial charge in [0.2, 0.25) is 0 Å². The number of rotatable bonds is 17. The number of nitrogens with one attached hydrogen (secondary N) is 2. The van der Waals surface area contributed by atoms with Crippen LogP contribution in [0.5, 0.6) is 0 Å². The van der Waals surface area contributed by atoms with Crippen molar-refractivity contribution in [2.75, 3.05) is 39.6 Å². The summed E-state index contributed by atoms with van der Waals surface area (Å²) in [6, 6.07) is -0.216. The molecular weight excluding hydrogens is 540 g/mol. The smallest absolute Gasteiger partial charge is 0.407 e. The predicted octanol–water partition coefficient (Wildman–Crippen LogP) is 3.97. The number of hydrogen-bond donors (Lipinski definition) is 3. The van der Waals surface area contributed by atoms with Gasteiger partial charge in [0.05, 0.1) is 6.61 Å². The van der Waals surface area contributed by atoms with Crippen LogP contribution in [0, 0.1) is 10.8 Å². The maximum absolute atomic E-state index is 12.8. The van der Waals surface area contributed by atoms with Gasteiger partial charge < -0.3 is 34.3 Å². The van der Waals surface area contributed by atoms with Gasteiger partial charge in [-0.2, -0.15) is 12.6 Å². The van der Waals surface area contributed by atoms with Crippen LogP contribution in [0.1, 0.15) is 59.8 Å². The molecule has 0 heterocycles. The molecule has 0 aromatic rings. The minimum absolute atomic E-state index is 0.0651. The van der Waals surface area contributed by atoms with E-state index in [1.165, 1.54) is 0 Å². The molecule has 11 nitrogen and oxygen atoms in total. The maximum atomic E-state index is 12.8. The molecule has 0 radical (unpaired) electrons. The van der Waals surface area contributed by atoms with Crippen molar-refractivity contribution >= 4 is 36.8 Å². The first kappa shape index (κ1) is 35.3. The summed E-state index contributed by atoms with van der Waals surface area (Å²) in [4.78, 5) is 47.5. The van der Waals surface area contributed by atoms with Gasteiger partial charge in [-0.25, -0.2) is 19.2 Å². The number of hydrogen-bond acceptors (Lipinski definition) is 10. The summed E-state index contributed by atoms with van der Waals surface area (Å²) in [5, 5.41) is 5.96. The standard InChI is InChI=1S/C28H46N2O9S/c1-7-23(31)36-12-13-37-25(33)29-19-28(6)15-21(14-27(4,5)18-28)30-26(34)39-22(17-38-24(32)8-2)16-35-11-9-10-20(3)40/h7-8,20-22,40H,1-2,9-19H2,3-6H3,(H,29,33)(H,30,34)/t20-,21?,22?,28?/m0/s1. The summed E-state index contributed by atoms with van der Waals surface area (Å²) >= 11 is 4.34. The highest BCUT2D eigenvalue weighted by molar-refractivity contribution is 7.80. The highest BCUT2D eigenvalue weighted by Crippen LogP contribution is 2.45. The Balaban J connectivity index is 2.64. The van der Waals surface area contributed by atoms with Crippen LogP contribution in [-0.4, -0.2) is 81.1 Å². The summed E-state index contributed by atoms with van der Waals surface area (Å²) in [6.07, 6.45) is 3.82. The zero-order valence-corrected chi connectivity index (χ0v) is 25.1. The van der Waals surface area contributed by atoms with Crippen LogP contribution in [-0.2, 0) is 33.3 Å². The number of carbonyl (C=O) groups is 4. The van der Waals surface area contributed by atoms with Gasteiger partial charge in [-0.3, -0.25) is 0 Å². The third-order valence-electron chi connectivity index (χ3n) is 6.22. The van der Waals surface area contributed by atoms with E-state index in [-0.39, 0.29) is 48.5 Å². The van der Waals surface area contributed by atoms with Gasteiger partial charge in [-0.1, -0.05) is 40.9 Å². The van der Waals surface area contributed by atoms with E-state index in [1.54, 1.807) is 0 Å². The van der Waals surface area contributed by atoms with Crippen LogP contribution in [0.2, 0.25) is 0 Å². The summed E-state index contributed by atoms with van der Waals surface area (Å²) in [5.74, 6) is -1.21. The molecule has 228 valence electrons. The molecule has 0 aromatic carbocycles. The molecule has 0 saturated heterocycles. The lowest BCUT2D eigenvalue weighted by Gasteiger charge is -2.46. The molecule has 0 bridgehead atoms. The second kappa shape index (κ2) is 17.9. The van der Waals surface area contributed by atoms with E-state index in [4.69, 9.17) is 23.7 Å². The van der Waals surface area contributed by atoms with Crippen molar-refractivity contribution in [1.29, 1.82) is 0 Å². The van der Waals surface area contributed by atoms with Crippen molar-refractivity contribution in [3.05, 3.63) is 25.3 Å². The first-order valence-electron chi connectivity index (χ1n) is 13.5. The fourth-order valence-corrected chi connectivity index (χ4v) is 5.12. The van der Waals surface area contributed by atoms with Gasteiger partial charge in [0, 0.05) is 31.3 Å². The molecular formula is C28H46N2O9S. The summed E-state index contributed by atoms with van der Waals surface area (Å²) < 4.78 is 26.1. The summed E-state index contributed by atoms with van der Waals surface area (Å²) in [5.41, 5.74) is -0.457. The highest BCUT2D eigenvalue weighted by atomic mass is 32.1. The zero-order chi connectivity index (χ0) is 30.2. The van der Waals surface area contributed by atoms with Crippen molar-refractivity contribution < 1.29 is 42.9 Å². The van der Waals surface area contributed by atoms with E-state index >= 15 is 0 Å². The molecule has 2 N–H and O–H groups in total. The molecule has 1 fully saturated rings. The number of thiol groups is 1. The third-order valence-corrected chi connectivity index (χ3v) is 6.48. The molecule has 4 atom stereocenters. The van der Waals surface area contributed by atoms with E-state index in [1.807, 2.05) is 13.8 Å². The second-order valence-electron chi connectivity index (χ2n) is 11.2. The summed E-state index contributed by atoms with van der Waals surface area (Å²) in [7, 11) is 0. The Morgan fingerprint density at radius 1 is 0.950 bits per heavy atom. The van der Waals surface area contributed by atoms with Crippen LogP contribution >= 0.6 is 12.6 Å². The Kier molecular flexibility index (Phi) is 15.8. The molecule has 40 heavy (non-hydrogen) atoms. The third kappa shape index (κ3) is 15.8. The number of amides is 2. The zero-order valence-electron chi connectivity index (χ0n) is 24.2. The molecule has 2 amide bonds. The Morgan fingerprint density at radius 3 is 2.25 bits per heavy atom. The molecule has 1 rings (SSSR count). The lowest BCUT2D eigenvalue weighted by Crippen LogP contribution is -2.51. The largest absolute Gasteiger partial charge is 0.459 e. The van der Waals surface area contributed by atoms with Crippen molar-refractivity contribution in [3.63, 3.8) is 0 Å². The number of carbonyl (C=O) groups excluding carboxylic acids is 4. The fourth-order valence-electron chi connectivity index (χ4n) is 4.94. The van der Waals surface area contributed by atoms with Gasteiger partial charge in [-0.15, -0.1) is 0 Å². The van der Waals surface area contributed by atoms with Crippen LogP contribution in [0.25, 0.3) is 0 Å². The average molecular weight is 587 g/mol.